The molecule has 1 N–H and O–H groups in total. The number of pyridine rings is 1. The van der Waals surface area contributed by atoms with E-state index in [4.69, 9.17) is 9.47 Å². The third-order valence-electron chi connectivity index (χ3n) is 4.39. The second kappa shape index (κ2) is 6.00. The zero-order chi connectivity index (χ0) is 13.9. The molecule has 4 heteroatoms. The second-order valence-electron chi connectivity index (χ2n) is 6.03. The van der Waals surface area contributed by atoms with E-state index in [1.165, 1.54) is 25.7 Å². The van der Waals surface area contributed by atoms with Gasteiger partial charge in [0.15, 0.2) is 0 Å². The molecule has 0 bridgehead atoms. The lowest BCUT2D eigenvalue weighted by Crippen LogP contribution is -2.29. The standard InChI is InChI=1S/C16H24N2O2/c1-11-14(5-6-16(18-11)19-2)20-15(9-12-3-4-12)13-7-8-17-10-13/h5-6,12-13,15,17H,3-4,7-10H2,1-2H3/t13-,15?/m0/s1. The molecule has 1 aromatic heterocycles. The number of aryl methyl sites for hydroxylation is 1. The molecule has 1 saturated heterocycles. The quantitative estimate of drug-likeness (QED) is 0.867. The van der Waals surface area contributed by atoms with Gasteiger partial charge in [-0.25, -0.2) is 4.98 Å². The van der Waals surface area contributed by atoms with Crippen LogP contribution in [0.25, 0.3) is 0 Å². The molecule has 0 aromatic carbocycles. The molecular formula is C16H24N2O2. The van der Waals surface area contributed by atoms with Gasteiger partial charge in [0.1, 0.15) is 11.9 Å². The fourth-order valence-electron chi connectivity index (χ4n) is 2.94. The molecule has 0 spiro atoms. The molecule has 110 valence electrons. The van der Waals surface area contributed by atoms with Crippen LogP contribution in [-0.4, -0.2) is 31.3 Å². The van der Waals surface area contributed by atoms with Crippen molar-refractivity contribution in [3.63, 3.8) is 0 Å². The van der Waals surface area contributed by atoms with E-state index in [9.17, 15) is 0 Å². The highest BCUT2D eigenvalue weighted by atomic mass is 16.5. The van der Waals surface area contributed by atoms with Crippen LogP contribution in [0.1, 0.15) is 31.4 Å². The number of methoxy groups -OCH3 is 1. The van der Waals surface area contributed by atoms with Gasteiger partial charge >= 0.3 is 0 Å². The minimum Gasteiger partial charge on any atom is -0.488 e. The van der Waals surface area contributed by atoms with E-state index in [0.717, 1.165) is 30.5 Å². The van der Waals surface area contributed by atoms with Gasteiger partial charge in [-0.2, -0.15) is 0 Å². The summed E-state index contributed by atoms with van der Waals surface area (Å²) in [5.41, 5.74) is 0.913. The first-order valence-electron chi connectivity index (χ1n) is 7.65. The molecule has 20 heavy (non-hydrogen) atoms. The van der Waals surface area contributed by atoms with Crippen molar-refractivity contribution in [2.24, 2.45) is 11.8 Å². The Balaban J connectivity index is 1.70. The van der Waals surface area contributed by atoms with Crippen molar-refractivity contribution >= 4 is 0 Å². The molecule has 2 aliphatic rings. The van der Waals surface area contributed by atoms with Crippen molar-refractivity contribution in [1.29, 1.82) is 0 Å². The molecule has 1 aliphatic heterocycles. The molecule has 1 unspecified atom stereocenters. The van der Waals surface area contributed by atoms with Crippen LogP contribution in [0.4, 0.5) is 0 Å². The SMILES string of the molecule is COc1ccc(OC(CC2CC2)[C@H]2CCNC2)c(C)n1. The smallest absolute Gasteiger partial charge is 0.213 e. The molecule has 0 amide bonds. The summed E-state index contributed by atoms with van der Waals surface area (Å²) >= 11 is 0. The van der Waals surface area contributed by atoms with E-state index in [1.807, 2.05) is 19.1 Å². The molecule has 2 fully saturated rings. The van der Waals surface area contributed by atoms with E-state index < -0.39 is 0 Å². The number of hydrogen-bond donors (Lipinski definition) is 1. The summed E-state index contributed by atoms with van der Waals surface area (Å²) in [5, 5.41) is 3.45. The fourth-order valence-corrected chi connectivity index (χ4v) is 2.94. The maximum absolute atomic E-state index is 6.32. The van der Waals surface area contributed by atoms with Gasteiger partial charge in [0.05, 0.1) is 12.8 Å². The predicted octanol–water partition coefficient (Wildman–Crippen LogP) is 2.56. The highest BCUT2D eigenvalue weighted by molar-refractivity contribution is 5.30. The van der Waals surface area contributed by atoms with Crippen LogP contribution in [0.3, 0.4) is 0 Å². The van der Waals surface area contributed by atoms with Crippen LogP contribution in [-0.2, 0) is 0 Å². The van der Waals surface area contributed by atoms with E-state index in [2.05, 4.69) is 10.3 Å². The van der Waals surface area contributed by atoms with E-state index >= 15 is 0 Å². The number of rotatable bonds is 6. The lowest BCUT2D eigenvalue weighted by molar-refractivity contribution is 0.125. The van der Waals surface area contributed by atoms with Gasteiger partial charge in [-0.15, -0.1) is 0 Å². The van der Waals surface area contributed by atoms with Crippen molar-refractivity contribution in [2.75, 3.05) is 20.2 Å². The first-order chi connectivity index (χ1) is 9.76. The average Bonchev–Trinajstić information content (AvgIpc) is 3.10. The van der Waals surface area contributed by atoms with E-state index in [0.29, 0.717) is 17.9 Å². The predicted molar refractivity (Wildman–Crippen MR) is 78.3 cm³/mol. The Morgan fingerprint density at radius 3 is 2.80 bits per heavy atom. The first-order valence-corrected chi connectivity index (χ1v) is 7.65. The Hall–Kier alpha value is -1.29. The monoisotopic (exact) mass is 276 g/mol. The van der Waals surface area contributed by atoms with Crippen molar-refractivity contribution in [3.8, 4) is 11.6 Å². The zero-order valence-corrected chi connectivity index (χ0v) is 12.4. The lowest BCUT2D eigenvalue weighted by Gasteiger charge is -2.25. The lowest BCUT2D eigenvalue weighted by atomic mass is 9.96. The molecule has 2 atom stereocenters. The largest absolute Gasteiger partial charge is 0.488 e. The number of ether oxygens (including phenoxy) is 2. The van der Waals surface area contributed by atoms with Crippen molar-refractivity contribution in [2.45, 2.75) is 38.7 Å². The van der Waals surface area contributed by atoms with Crippen LogP contribution < -0.4 is 14.8 Å². The molecule has 1 saturated carbocycles. The van der Waals surface area contributed by atoms with Gasteiger partial charge in [-0.1, -0.05) is 12.8 Å². The van der Waals surface area contributed by atoms with Crippen molar-refractivity contribution in [3.05, 3.63) is 17.8 Å². The van der Waals surface area contributed by atoms with Gasteiger partial charge in [0.25, 0.3) is 0 Å². The number of aromatic nitrogens is 1. The van der Waals surface area contributed by atoms with E-state index in [1.54, 1.807) is 7.11 Å². The molecule has 2 heterocycles. The summed E-state index contributed by atoms with van der Waals surface area (Å²) in [5.74, 6) is 3.07. The van der Waals surface area contributed by atoms with Crippen LogP contribution in [0.2, 0.25) is 0 Å². The summed E-state index contributed by atoms with van der Waals surface area (Å²) < 4.78 is 11.5. The Bertz CT molecular complexity index is 454. The summed E-state index contributed by atoms with van der Waals surface area (Å²) in [7, 11) is 1.64. The molecule has 1 aromatic rings. The summed E-state index contributed by atoms with van der Waals surface area (Å²) in [6.07, 6.45) is 5.49. The molecule has 1 aliphatic carbocycles. The summed E-state index contributed by atoms with van der Waals surface area (Å²) in [6, 6.07) is 3.87. The van der Waals surface area contributed by atoms with Gasteiger partial charge in [0.2, 0.25) is 5.88 Å². The fraction of sp³-hybridized carbons (Fsp3) is 0.688. The Morgan fingerprint density at radius 2 is 2.20 bits per heavy atom. The van der Waals surface area contributed by atoms with Gasteiger partial charge in [-0.05, 0) is 38.3 Å². The van der Waals surface area contributed by atoms with E-state index in [-0.39, 0.29) is 0 Å². The second-order valence-corrected chi connectivity index (χ2v) is 6.03. The Kier molecular flexibility index (Phi) is 4.10. The van der Waals surface area contributed by atoms with Crippen LogP contribution in [0.15, 0.2) is 12.1 Å². The topological polar surface area (TPSA) is 43.4 Å². The van der Waals surface area contributed by atoms with Gasteiger partial charge in [-0.3, -0.25) is 0 Å². The van der Waals surface area contributed by atoms with Crippen LogP contribution in [0.5, 0.6) is 11.6 Å². The molecule has 3 rings (SSSR count). The maximum atomic E-state index is 6.32. The average molecular weight is 276 g/mol. The highest BCUT2D eigenvalue weighted by Gasteiger charge is 2.33. The van der Waals surface area contributed by atoms with Crippen molar-refractivity contribution in [1.82, 2.24) is 10.3 Å². The molecule has 4 nitrogen and oxygen atoms in total. The number of nitrogens with one attached hydrogen (secondary N) is 1. The summed E-state index contributed by atoms with van der Waals surface area (Å²) in [6.45, 7) is 4.19. The molecule has 0 radical (unpaired) electrons. The number of nitrogens with zero attached hydrogens (tertiary/aromatic N) is 1. The molecular weight excluding hydrogens is 252 g/mol. The Labute approximate surface area is 120 Å². The van der Waals surface area contributed by atoms with Crippen LogP contribution >= 0.6 is 0 Å². The third-order valence-corrected chi connectivity index (χ3v) is 4.39. The zero-order valence-electron chi connectivity index (χ0n) is 12.4. The number of hydrogen-bond acceptors (Lipinski definition) is 4. The summed E-state index contributed by atoms with van der Waals surface area (Å²) in [4.78, 5) is 4.40. The van der Waals surface area contributed by atoms with Crippen LogP contribution in [0, 0.1) is 18.8 Å². The maximum Gasteiger partial charge on any atom is 0.213 e. The highest BCUT2D eigenvalue weighted by Crippen LogP contribution is 2.37. The minimum atomic E-state index is 0.325. The normalized spacial score (nSPS) is 23.6. The first kappa shape index (κ1) is 13.7. The Morgan fingerprint density at radius 1 is 1.35 bits per heavy atom. The van der Waals surface area contributed by atoms with Gasteiger partial charge < -0.3 is 14.8 Å². The third kappa shape index (κ3) is 3.23. The van der Waals surface area contributed by atoms with Crippen molar-refractivity contribution < 1.29 is 9.47 Å². The minimum absolute atomic E-state index is 0.325. The van der Waals surface area contributed by atoms with Gasteiger partial charge in [0, 0.05) is 18.5 Å².